The fourth-order valence-corrected chi connectivity index (χ4v) is 2.27. The highest BCUT2D eigenvalue weighted by molar-refractivity contribution is 9.10. The molecule has 1 rings (SSSR count). The van der Waals surface area contributed by atoms with Crippen molar-refractivity contribution in [1.29, 1.82) is 0 Å². The molecular weight excluding hydrogens is 297 g/mol. The monoisotopic (exact) mass is 317 g/mol. The smallest absolute Gasteiger partial charge is 0.137 e. The van der Waals surface area contributed by atoms with Crippen LogP contribution in [0, 0.1) is 11.2 Å². The topological polar surface area (TPSA) is 32.3 Å². The summed E-state index contributed by atoms with van der Waals surface area (Å²) < 4.78 is 13.8. The number of rotatable bonds is 7. The molecule has 0 aliphatic heterocycles. The minimum atomic E-state index is -0.228. The molecule has 4 heteroatoms. The molecule has 0 heterocycles. The van der Waals surface area contributed by atoms with Gasteiger partial charge in [0.1, 0.15) is 5.82 Å². The number of hydrogen-bond donors (Lipinski definition) is 2. The van der Waals surface area contributed by atoms with Gasteiger partial charge in [-0.2, -0.15) is 0 Å². The van der Waals surface area contributed by atoms with Crippen molar-refractivity contribution >= 4 is 15.9 Å². The summed E-state index contributed by atoms with van der Waals surface area (Å²) in [6, 6.07) is 5.06. The Bertz CT molecular complexity index is 382. The lowest BCUT2D eigenvalue weighted by Gasteiger charge is -2.25. The first-order chi connectivity index (χ1) is 8.46. The van der Waals surface area contributed by atoms with Crippen LogP contribution in [-0.4, -0.2) is 18.3 Å². The van der Waals surface area contributed by atoms with Gasteiger partial charge in [-0.05, 0) is 45.8 Å². The van der Waals surface area contributed by atoms with Gasteiger partial charge >= 0.3 is 0 Å². The maximum atomic E-state index is 13.3. The van der Waals surface area contributed by atoms with Crippen LogP contribution in [0.3, 0.4) is 0 Å². The second-order valence-corrected chi connectivity index (χ2v) is 6.10. The van der Waals surface area contributed by atoms with Gasteiger partial charge < -0.3 is 10.4 Å². The summed E-state index contributed by atoms with van der Waals surface area (Å²) in [5, 5.41) is 12.2. The Hall–Kier alpha value is -0.450. The van der Waals surface area contributed by atoms with Crippen molar-refractivity contribution in [3.05, 3.63) is 34.1 Å². The van der Waals surface area contributed by atoms with E-state index in [9.17, 15) is 4.39 Å². The normalized spacial score (nSPS) is 11.8. The largest absolute Gasteiger partial charge is 0.396 e. The Morgan fingerprint density at radius 3 is 2.78 bits per heavy atom. The van der Waals surface area contributed by atoms with Crippen LogP contribution >= 0.6 is 15.9 Å². The Balaban J connectivity index is 2.44. The Labute approximate surface area is 117 Å². The van der Waals surface area contributed by atoms with E-state index in [0.717, 1.165) is 24.9 Å². The minimum absolute atomic E-state index is 0.141. The molecule has 0 saturated heterocycles. The lowest BCUT2D eigenvalue weighted by molar-refractivity contribution is 0.236. The number of hydrogen-bond acceptors (Lipinski definition) is 2. The van der Waals surface area contributed by atoms with E-state index in [0.29, 0.717) is 11.0 Å². The summed E-state index contributed by atoms with van der Waals surface area (Å²) in [4.78, 5) is 0. The quantitative estimate of drug-likeness (QED) is 0.807. The van der Waals surface area contributed by atoms with Crippen molar-refractivity contribution in [2.24, 2.45) is 5.41 Å². The summed E-state index contributed by atoms with van der Waals surface area (Å²) >= 11 is 3.25. The van der Waals surface area contributed by atoms with Crippen LogP contribution in [0.5, 0.6) is 0 Å². The van der Waals surface area contributed by atoms with Gasteiger partial charge in [0, 0.05) is 19.7 Å². The number of aliphatic hydroxyl groups is 1. The minimum Gasteiger partial charge on any atom is -0.396 e. The number of halogens is 2. The van der Waals surface area contributed by atoms with Gasteiger partial charge in [0.2, 0.25) is 0 Å². The number of aliphatic hydroxyl groups excluding tert-OH is 1. The van der Waals surface area contributed by atoms with E-state index >= 15 is 0 Å². The Morgan fingerprint density at radius 1 is 1.39 bits per heavy atom. The molecule has 2 N–H and O–H groups in total. The average Bonchev–Trinajstić information content (AvgIpc) is 2.32. The molecule has 18 heavy (non-hydrogen) atoms. The van der Waals surface area contributed by atoms with Gasteiger partial charge in [-0.15, -0.1) is 0 Å². The predicted molar refractivity (Wildman–Crippen MR) is 75.9 cm³/mol. The fraction of sp³-hybridized carbons (Fsp3) is 0.571. The second kappa shape index (κ2) is 7.22. The predicted octanol–water partition coefficient (Wildman–Crippen LogP) is 3.48. The van der Waals surface area contributed by atoms with Crippen LogP contribution in [0.25, 0.3) is 0 Å². The van der Waals surface area contributed by atoms with Gasteiger partial charge in [-0.3, -0.25) is 0 Å². The summed E-state index contributed by atoms with van der Waals surface area (Å²) in [6.45, 7) is 6.04. The third-order valence-electron chi connectivity index (χ3n) is 2.96. The first-order valence-corrected chi connectivity index (χ1v) is 7.00. The molecule has 0 aliphatic rings. The lowest BCUT2D eigenvalue weighted by Crippen LogP contribution is -2.29. The molecule has 0 fully saturated rings. The molecule has 0 saturated carbocycles. The highest BCUT2D eigenvalue weighted by Crippen LogP contribution is 2.23. The zero-order chi connectivity index (χ0) is 13.6. The molecule has 0 bridgehead atoms. The molecule has 0 amide bonds. The van der Waals surface area contributed by atoms with Crippen molar-refractivity contribution in [1.82, 2.24) is 5.32 Å². The van der Waals surface area contributed by atoms with E-state index < -0.39 is 0 Å². The SMILES string of the molecule is CC(C)(CCCO)CNCc1cccc(F)c1Br. The molecule has 2 nitrogen and oxygen atoms in total. The molecule has 0 spiro atoms. The van der Waals surface area contributed by atoms with E-state index in [1.165, 1.54) is 6.07 Å². The number of nitrogens with one attached hydrogen (secondary N) is 1. The third-order valence-corrected chi connectivity index (χ3v) is 3.85. The van der Waals surface area contributed by atoms with Crippen LogP contribution < -0.4 is 5.32 Å². The zero-order valence-electron chi connectivity index (χ0n) is 11.0. The highest BCUT2D eigenvalue weighted by Gasteiger charge is 2.16. The average molecular weight is 318 g/mol. The Kier molecular flexibility index (Phi) is 6.26. The fourth-order valence-electron chi connectivity index (χ4n) is 1.87. The molecule has 0 aromatic heterocycles. The van der Waals surface area contributed by atoms with Crippen molar-refractivity contribution in [2.75, 3.05) is 13.2 Å². The summed E-state index contributed by atoms with van der Waals surface area (Å²) in [5.41, 5.74) is 1.07. The van der Waals surface area contributed by atoms with Gasteiger partial charge in [0.15, 0.2) is 0 Å². The summed E-state index contributed by atoms with van der Waals surface area (Å²) in [7, 11) is 0. The van der Waals surface area contributed by atoms with Gasteiger partial charge in [0.05, 0.1) is 4.47 Å². The van der Waals surface area contributed by atoms with Crippen LogP contribution in [0.4, 0.5) is 4.39 Å². The summed E-state index contributed by atoms with van der Waals surface area (Å²) in [5.74, 6) is -0.228. The van der Waals surface area contributed by atoms with E-state index in [-0.39, 0.29) is 17.8 Å². The highest BCUT2D eigenvalue weighted by atomic mass is 79.9. The Morgan fingerprint density at radius 2 is 2.11 bits per heavy atom. The van der Waals surface area contributed by atoms with Gasteiger partial charge in [-0.1, -0.05) is 26.0 Å². The molecule has 0 atom stereocenters. The van der Waals surface area contributed by atoms with E-state index in [1.54, 1.807) is 6.07 Å². The summed E-state index contributed by atoms with van der Waals surface area (Å²) in [6.07, 6.45) is 1.79. The van der Waals surface area contributed by atoms with Crippen molar-refractivity contribution in [2.45, 2.75) is 33.2 Å². The molecule has 1 aromatic rings. The maximum Gasteiger partial charge on any atom is 0.137 e. The van der Waals surface area contributed by atoms with Crippen molar-refractivity contribution < 1.29 is 9.50 Å². The second-order valence-electron chi connectivity index (χ2n) is 5.31. The van der Waals surface area contributed by atoms with Crippen LogP contribution in [0.1, 0.15) is 32.3 Å². The van der Waals surface area contributed by atoms with Crippen LogP contribution in [-0.2, 0) is 6.54 Å². The molecule has 0 radical (unpaired) electrons. The standard InChI is InChI=1S/C14H21BrFNO/c1-14(2,7-4-8-18)10-17-9-11-5-3-6-12(16)13(11)15/h3,5-6,17-18H,4,7-10H2,1-2H3. The molecule has 102 valence electrons. The van der Waals surface area contributed by atoms with Crippen molar-refractivity contribution in [3.63, 3.8) is 0 Å². The first-order valence-electron chi connectivity index (χ1n) is 6.21. The van der Waals surface area contributed by atoms with Gasteiger partial charge in [-0.25, -0.2) is 4.39 Å². The van der Waals surface area contributed by atoms with Crippen LogP contribution in [0.15, 0.2) is 22.7 Å². The third kappa shape index (κ3) is 5.04. The van der Waals surface area contributed by atoms with E-state index in [4.69, 9.17) is 5.11 Å². The molecule has 1 aromatic carbocycles. The molecule has 0 unspecified atom stereocenters. The maximum absolute atomic E-state index is 13.3. The first kappa shape index (κ1) is 15.6. The van der Waals surface area contributed by atoms with E-state index in [2.05, 4.69) is 35.1 Å². The molecule has 0 aliphatic carbocycles. The van der Waals surface area contributed by atoms with Crippen molar-refractivity contribution in [3.8, 4) is 0 Å². The van der Waals surface area contributed by atoms with E-state index in [1.807, 2.05) is 6.07 Å². The number of benzene rings is 1. The zero-order valence-corrected chi connectivity index (χ0v) is 12.6. The van der Waals surface area contributed by atoms with Crippen LogP contribution in [0.2, 0.25) is 0 Å². The lowest BCUT2D eigenvalue weighted by atomic mass is 9.88. The molecular formula is C14H21BrFNO. The van der Waals surface area contributed by atoms with Gasteiger partial charge in [0.25, 0.3) is 0 Å².